The maximum atomic E-state index is 12.2. The Balaban J connectivity index is 2.34. The third kappa shape index (κ3) is 6.78. The highest BCUT2D eigenvalue weighted by Crippen LogP contribution is 2.22. The van der Waals surface area contributed by atoms with Gasteiger partial charge in [-0.05, 0) is 38.1 Å². The van der Waals surface area contributed by atoms with Gasteiger partial charge in [0.1, 0.15) is 0 Å². The van der Waals surface area contributed by atoms with Gasteiger partial charge in [-0.3, -0.25) is 9.69 Å². The molecule has 120 valence electrons. The summed E-state index contributed by atoms with van der Waals surface area (Å²) in [5.41, 5.74) is 6.03. The lowest BCUT2D eigenvalue weighted by Gasteiger charge is -2.23. The molecule has 21 heavy (non-hydrogen) atoms. The van der Waals surface area contributed by atoms with Gasteiger partial charge in [-0.2, -0.15) is 0 Å². The van der Waals surface area contributed by atoms with Gasteiger partial charge in [0.2, 0.25) is 5.91 Å². The molecule has 0 spiro atoms. The Morgan fingerprint density at radius 1 is 1.38 bits per heavy atom. The second-order valence-electron chi connectivity index (χ2n) is 5.89. The zero-order chi connectivity index (χ0) is 16.0. The summed E-state index contributed by atoms with van der Waals surface area (Å²) in [5.74, 6) is 0.584. The molecule has 0 aromatic carbocycles. The highest BCUT2D eigenvalue weighted by Gasteiger charge is 2.14. The van der Waals surface area contributed by atoms with E-state index in [4.69, 9.17) is 17.3 Å². The van der Waals surface area contributed by atoms with Crippen LogP contribution in [-0.2, 0) is 11.3 Å². The molecule has 2 N–H and O–H groups in total. The van der Waals surface area contributed by atoms with Crippen molar-refractivity contribution in [3.8, 4) is 0 Å². The number of halogens is 1. The van der Waals surface area contributed by atoms with Crippen LogP contribution in [0.5, 0.6) is 0 Å². The third-order valence-electron chi connectivity index (χ3n) is 3.55. The first kappa shape index (κ1) is 18.4. The molecule has 0 aliphatic heterocycles. The van der Waals surface area contributed by atoms with Crippen LogP contribution < -0.4 is 5.73 Å². The van der Waals surface area contributed by atoms with Crippen LogP contribution in [0.4, 0.5) is 0 Å². The van der Waals surface area contributed by atoms with Crippen LogP contribution in [0, 0.1) is 5.92 Å². The van der Waals surface area contributed by atoms with Gasteiger partial charge in [-0.1, -0.05) is 25.4 Å². The van der Waals surface area contributed by atoms with Gasteiger partial charge in [0.05, 0.1) is 17.4 Å². The molecule has 0 bridgehead atoms. The van der Waals surface area contributed by atoms with E-state index in [2.05, 4.69) is 13.8 Å². The van der Waals surface area contributed by atoms with E-state index < -0.39 is 0 Å². The normalized spacial score (nSPS) is 13.0. The predicted octanol–water partition coefficient (Wildman–Crippen LogP) is 2.67. The Hall–Kier alpha value is -0.620. The highest BCUT2D eigenvalue weighted by molar-refractivity contribution is 7.16. The van der Waals surface area contributed by atoms with Crippen molar-refractivity contribution in [1.29, 1.82) is 0 Å². The van der Waals surface area contributed by atoms with Gasteiger partial charge in [0.15, 0.2) is 0 Å². The largest absolute Gasteiger partial charge is 0.340 e. The lowest BCUT2D eigenvalue weighted by atomic mass is 10.0. The summed E-state index contributed by atoms with van der Waals surface area (Å²) < 4.78 is 0.755. The summed E-state index contributed by atoms with van der Waals surface area (Å²) in [6.45, 7) is 6.10. The molecular formula is C15H26ClN3OS. The summed E-state index contributed by atoms with van der Waals surface area (Å²) in [7, 11) is 3.78. The van der Waals surface area contributed by atoms with Crippen molar-refractivity contribution in [2.75, 3.05) is 27.2 Å². The number of thiophene rings is 1. The van der Waals surface area contributed by atoms with Gasteiger partial charge in [0, 0.05) is 18.0 Å². The minimum atomic E-state index is 0.111. The number of likely N-dealkylation sites (N-methyl/N-ethyl adjacent to an activating group) is 2. The minimum absolute atomic E-state index is 0.111. The van der Waals surface area contributed by atoms with Crippen LogP contribution in [0.3, 0.4) is 0 Å². The SMILES string of the molecule is CC(C)C(N)CCN(C)CC(=O)N(C)Cc1ccc(Cl)s1. The van der Waals surface area contributed by atoms with Crippen LogP contribution in [0.25, 0.3) is 0 Å². The number of hydrogen-bond acceptors (Lipinski definition) is 4. The van der Waals surface area contributed by atoms with Crippen LogP contribution in [-0.4, -0.2) is 48.9 Å². The van der Waals surface area contributed by atoms with Gasteiger partial charge >= 0.3 is 0 Å². The Morgan fingerprint density at radius 3 is 2.57 bits per heavy atom. The molecule has 0 saturated heterocycles. The number of carbonyl (C=O) groups excluding carboxylic acids is 1. The Bertz CT molecular complexity index is 450. The molecule has 1 heterocycles. The average molecular weight is 332 g/mol. The minimum Gasteiger partial charge on any atom is -0.340 e. The van der Waals surface area contributed by atoms with E-state index in [0.717, 1.165) is 22.2 Å². The lowest BCUT2D eigenvalue weighted by Crippen LogP contribution is -2.38. The summed E-state index contributed by atoms with van der Waals surface area (Å²) in [5, 5.41) is 0. The van der Waals surface area contributed by atoms with Crippen molar-refractivity contribution in [2.45, 2.75) is 32.9 Å². The summed E-state index contributed by atoms with van der Waals surface area (Å²) in [6, 6.07) is 4.01. The monoisotopic (exact) mass is 331 g/mol. The van der Waals surface area contributed by atoms with Crippen LogP contribution in [0.1, 0.15) is 25.1 Å². The van der Waals surface area contributed by atoms with Crippen molar-refractivity contribution >= 4 is 28.8 Å². The molecule has 0 aliphatic rings. The summed E-state index contributed by atoms with van der Waals surface area (Å²) >= 11 is 7.41. The molecule has 0 saturated carbocycles. The summed E-state index contributed by atoms with van der Waals surface area (Å²) in [6.07, 6.45) is 0.908. The van der Waals surface area contributed by atoms with E-state index in [-0.39, 0.29) is 11.9 Å². The maximum absolute atomic E-state index is 12.2. The van der Waals surface area contributed by atoms with Crippen LogP contribution in [0.15, 0.2) is 12.1 Å². The standard InChI is InChI=1S/C15H26ClN3OS/c1-11(2)13(17)7-8-18(3)10-15(20)19(4)9-12-5-6-14(16)21-12/h5-6,11,13H,7-10,17H2,1-4H3. The first-order valence-electron chi connectivity index (χ1n) is 7.22. The van der Waals surface area contributed by atoms with E-state index in [1.807, 2.05) is 31.1 Å². The number of amides is 1. The Kier molecular flexibility index (Phi) is 7.66. The number of nitrogens with two attached hydrogens (primary N) is 1. The molecule has 6 heteroatoms. The molecule has 1 atom stereocenters. The van der Waals surface area contributed by atoms with Crippen molar-refractivity contribution < 1.29 is 4.79 Å². The molecule has 4 nitrogen and oxygen atoms in total. The molecule has 0 aliphatic carbocycles. The number of rotatable bonds is 8. The first-order chi connectivity index (χ1) is 9.79. The maximum Gasteiger partial charge on any atom is 0.236 e. The molecular weight excluding hydrogens is 306 g/mol. The molecule has 1 unspecified atom stereocenters. The van der Waals surface area contributed by atoms with Crippen molar-refractivity contribution in [1.82, 2.24) is 9.80 Å². The van der Waals surface area contributed by atoms with E-state index >= 15 is 0 Å². The molecule has 0 fully saturated rings. The fourth-order valence-corrected chi connectivity index (χ4v) is 3.03. The zero-order valence-electron chi connectivity index (χ0n) is 13.3. The zero-order valence-corrected chi connectivity index (χ0v) is 14.9. The van der Waals surface area contributed by atoms with Crippen molar-refractivity contribution in [2.24, 2.45) is 11.7 Å². The molecule has 1 aromatic heterocycles. The van der Waals surface area contributed by atoms with Crippen molar-refractivity contribution in [3.05, 3.63) is 21.3 Å². The topological polar surface area (TPSA) is 49.6 Å². The van der Waals surface area contributed by atoms with Gasteiger partial charge in [0.25, 0.3) is 0 Å². The number of carbonyl (C=O) groups is 1. The number of hydrogen-bond donors (Lipinski definition) is 1. The van der Waals surface area contributed by atoms with Crippen LogP contribution >= 0.6 is 22.9 Å². The molecule has 1 amide bonds. The van der Waals surface area contributed by atoms with E-state index in [1.165, 1.54) is 11.3 Å². The van der Waals surface area contributed by atoms with Crippen LogP contribution in [0.2, 0.25) is 4.34 Å². The van der Waals surface area contributed by atoms with E-state index in [0.29, 0.717) is 19.0 Å². The molecule has 0 radical (unpaired) electrons. The van der Waals surface area contributed by atoms with Crippen molar-refractivity contribution in [3.63, 3.8) is 0 Å². The molecule has 1 rings (SSSR count). The van der Waals surface area contributed by atoms with Gasteiger partial charge < -0.3 is 10.6 Å². The third-order valence-corrected chi connectivity index (χ3v) is 4.77. The lowest BCUT2D eigenvalue weighted by molar-refractivity contribution is -0.131. The van der Waals surface area contributed by atoms with E-state index in [1.54, 1.807) is 4.90 Å². The van der Waals surface area contributed by atoms with Gasteiger partial charge in [-0.25, -0.2) is 0 Å². The number of nitrogens with zero attached hydrogens (tertiary/aromatic N) is 2. The van der Waals surface area contributed by atoms with Gasteiger partial charge in [-0.15, -0.1) is 11.3 Å². The Morgan fingerprint density at radius 2 is 2.05 bits per heavy atom. The van der Waals surface area contributed by atoms with E-state index in [9.17, 15) is 4.79 Å². The highest BCUT2D eigenvalue weighted by atomic mass is 35.5. The predicted molar refractivity (Wildman–Crippen MR) is 90.7 cm³/mol. The second kappa shape index (κ2) is 8.73. The average Bonchev–Trinajstić information content (AvgIpc) is 2.80. The summed E-state index contributed by atoms with van der Waals surface area (Å²) in [4.78, 5) is 17.0. The first-order valence-corrected chi connectivity index (χ1v) is 8.41. The fourth-order valence-electron chi connectivity index (χ4n) is 1.89. The Labute approximate surface area is 136 Å². The quantitative estimate of drug-likeness (QED) is 0.796. The fraction of sp³-hybridized carbons (Fsp3) is 0.667. The second-order valence-corrected chi connectivity index (χ2v) is 7.69. The smallest absolute Gasteiger partial charge is 0.236 e. The molecule has 1 aromatic rings.